The van der Waals surface area contributed by atoms with Gasteiger partial charge in [-0.2, -0.15) is 0 Å². The van der Waals surface area contributed by atoms with E-state index >= 15 is 0 Å². The maximum atomic E-state index is 12.6. The van der Waals surface area contributed by atoms with Crippen LogP contribution in [0.15, 0.2) is 12.7 Å². The molecule has 3 saturated carbocycles. The van der Waals surface area contributed by atoms with E-state index in [1.807, 2.05) is 0 Å². The Morgan fingerprint density at radius 1 is 0.639 bits per heavy atom. The van der Waals surface area contributed by atoms with Crippen LogP contribution in [0.3, 0.4) is 0 Å². The van der Waals surface area contributed by atoms with Crippen molar-refractivity contribution in [3.05, 3.63) is 12.7 Å². The first kappa shape index (κ1) is 27.7. The molecular weight excluding hydrogens is 472 g/mol. The molecule has 0 aromatic rings. The maximum absolute atomic E-state index is 12.6. The number of carboxylic acid groups (broad SMARTS) is 1. The second-order valence-electron chi connectivity index (χ2n) is 9.93. The molecule has 3 rings (SSSR count). The standard InChI is InChI=1S/C26H36O10/c1-2-22(27)33-15-23(28)34-19-11-13-21(14-12-19)36-26(32)18-7-9-20(10-8-18)35-25(31)17-5-3-16(4-6-17)24(29)30/h2,16-21H,1,3-15H2,(H,29,30). The van der Waals surface area contributed by atoms with Crippen molar-refractivity contribution in [1.82, 2.24) is 0 Å². The predicted octanol–water partition coefficient (Wildman–Crippen LogP) is 3.11. The SMILES string of the molecule is C=CC(=O)OCC(=O)OC1CCC(OC(=O)C2CCC(OC(=O)C3CCC(C(=O)O)CC3)CC2)CC1. The Kier molecular flexibility index (Phi) is 10.3. The normalized spacial score (nSPS) is 30.3. The predicted molar refractivity (Wildman–Crippen MR) is 124 cm³/mol. The van der Waals surface area contributed by atoms with E-state index in [2.05, 4.69) is 11.3 Å². The molecule has 0 spiro atoms. The van der Waals surface area contributed by atoms with Crippen molar-refractivity contribution in [2.45, 2.75) is 95.4 Å². The largest absolute Gasteiger partial charge is 0.481 e. The van der Waals surface area contributed by atoms with E-state index in [0.29, 0.717) is 77.0 Å². The van der Waals surface area contributed by atoms with Crippen molar-refractivity contribution in [1.29, 1.82) is 0 Å². The van der Waals surface area contributed by atoms with Crippen molar-refractivity contribution in [3.63, 3.8) is 0 Å². The lowest BCUT2D eigenvalue weighted by molar-refractivity contribution is -0.167. The highest BCUT2D eigenvalue weighted by Crippen LogP contribution is 2.33. The molecule has 0 saturated heterocycles. The number of rotatable bonds is 9. The van der Waals surface area contributed by atoms with Crippen LogP contribution in [-0.2, 0) is 42.9 Å². The Bertz CT molecular complexity index is 813. The number of carboxylic acids is 1. The Morgan fingerprint density at radius 2 is 1.03 bits per heavy atom. The van der Waals surface area contributed by atoms with Gasteiger partial charge in [-0.3, -0.25) is 14.4 Å². The molecule has 0 unspecified atom stereocenters. The van der Waals surface area contributed by atoms with Crippen LogP contribution in [0.1, 0.15) is 77.0 Å². The van der Waals surface area contributed by atoms with Gasteiger partial charge in [0.05, 0.1) is 17.8 Å². The number of aliphatic carboxylic acids is 1. The highest BCUT2D eigenvalue weighted by atomic mass is 16.6. The molecule has 0 amide bonds. The van der Waals surface area contributed by atoms with Crippen molar-refractivity contribution in [3.8, 4) is 0 Å². The molecule has 10 heteroatoms. The summed E-state index contributed by atoms with van der Waals surface area (Å²) in [5, 5.41) is 9.09. The second kappa shape index (κ2) is 13.4. The van der Waals surface area contributed by atoms with Crippen LogP contribution in [-0.4, -0.2) is 59.9 Å². The van der Waals surface area contributed by atoms with Crippen LogP contribution in [0.2, 0.25) is 0 Å². The molecule has 10 nitrogen and oxygen atoms in total. The Morgan fingerprint density at radius 3 is 1.47 bits per heavy atom. The van der Waals surface area contributed by atoms with Gasteiger partial charge in [-0.15, -0.1) is 0 Å². The second-order valence-corrected chi connectivity index (χ2v) is 9.93. The fourth-order valence-electron chi connectivity index (χ4n) is 5.19. The van der Waals surface area contributed by atoms with Gasteiger partial charge in [0, 0.05) is 6.08 Å². The first-order chi connectivity index (χ1) is 17.2. The summed E-state index contributed by atoms with van der Waals surface area (Å²) < 4.78 is 21.3. The zero-order valence-corrected chi connectivity index (χ0v) is 20.6. The van der Waals surface area contributed by atoms with E-state index < -0.39 is 24.5 Å². The van der Waals surface area contributed by atoms with Gasteiger partial charge < -0.3 is 24.1 Å². The van der Waals surface area contributed by atoms with Crippen LogP contribution in [0.5, 0.6) is 0 Å². The third-order valence-corrected chi connectivity index (χ3v) is 7.40. The number of esters is 4. The van der Waals surface area contributed by atoms with Gasteiger partial charge in [-0.25, -0.2) is 9.59 Å². The fourth-order valence-corrected chi connectivity index (χ4v) is 5.19. The Labute approximate surface area is 210 Å². The van der Waals surface area contributed by atoms with E-state index in [-0.39, 0.29) is 48.0 Å². The lowest BCUT2D eigenvalue weighted by atomic mass is 9.82. The summed E-state index contributed by atoms with van der Waals surface area (Å²) in [5.41, 5.74) is 0. The molecule has 0 atom stereocenters. The van der Waals surface area contributed by atoms with Gasteiger partial charge in [0.1, 0.15) is 18.3 Å². The summed E-state index contributed by atoms with van der Waals surface area (Å²) in [5.74, 6) is -3.40. The van der Waals surface area contributed by atoms with E-state index in [9.17, 15) is 24.0 Å². The molecule has 0 heterocycles. The minimum Gasteiger partial charge on any atom is -0.481 e. The Hall–Kier alpha value is -2.91. The Balaban J connectivity index is 1.30. The first-order valence-electron chi connectivity index (χ1n) is 12.9. The first-order valence-corrected chi connectivity index (χ1v) is 12.9. The number of carbonyl (C=O) groups is 5. The molecule has 3 aliphatic carbocycles. The maximum Gasteiger partial charge on any atom is 0.344 e. The third kappa shape index (κ3) is 8.34. The molecule has 3 aliphatic rings. The summed E-state index contributed by atoms with van der Waals surface area (Å²) in [4.78, 5) is 59.0. The van der Waals surface area contributed by atoms with E-state index in [1.54, 1.807) is 0 Å². The molecule has 36 heavy (non-hydrogen) atoms. The van der Waals surface area contributed by atoms with Crippen LogP contribution < -0.4 is 0 Å². The van der Waals surface area contributed by atoms with Crippen molar-refractivity contribution in [2.75, 3.05) is 6.61 Å². The quantitative estimate of drug-likeness (QED) is 0.280. The lowest BCUT2D eigenvalue weighted by Gasteiger charge is -2.32. The summed E-state index contributed by atoms with van der Waals surface area (Å²) in [7, 11) is 0. The number of ether oxygens (including phenoxy) is 4. The van der Waals surface area contributed by atoms with E-state index in [1.165, 1.54) is 0 Å². The minimum absolute atomic E-state index is 0.213. The molecule has 0 bridgehead atoms. The molecule has 0 aliphatic heterocycles. The van der Waals surface area contributed by atoms with Gasteiger partial charge in [0.2, 0.25) is 0 Å². The third-order valence-electron chi connectivity index (χ3n) is 7.40. The van der Waals surface area contributed by atoms with E-state index in [0.717, 1.165) is 6.08 Å². The number of hydrogen-bond donors (Lipinski definition) is 1. The minimum atomic E-state index is -0.799. The number of hydrogen-bond acceptors (Lipinski definition) is 9. The summed E-state index contributed by atoms with van der Waals surface area (Å²) in [6.07, 6.45) is 7.06. The summed E-state index contributed by atoms with van der Waals surface area (Å²) in [6.45, 7) is 2.80. The molecule has 1 N–H and O–H groups in total. The monoisotopic (exact) mass is 508 g/mol. The van der Waals surface area contributed by atoms with Crippen molar-refractivity contribution in [2.24, 2.45) is 17.8 Å². The summed E-state index contributed by atoms with van der Waals surface area (Å²) >= 11 is 0. The van der Waals surface area contributed by atoms with Gasteiger partial charge in [-0.1, -0.05) is 6.58 Å². The average molecular weight is 509 g/mol. The van der Waals surface area contributed by atoms with Crippen LogP contribution in [0, 0.1) is 17.8 Å². The summed E-state index contributed by atoms with van der Waals surface area (Å²) in [6, 6.07) is 0. The molecule has 0 aromatic carbocycles. The molecule has 3 fully saturated rings. The van der Waals surface area contributed by atoms with Crippen LogP contribution in [0.25, 0.3) is 0 Å². The van der Waals surface area contributed by atoms with Crippen LogP contribution >= 0.6 is 0 Å². The molecule has 0 aromatic heterocycles. The van der Waals surface area contributed by atoms with Crippen molar-refractivity contribution >= 4 is 29.8 Å². The smallest absolute Gasteiger partial charge is 0.344 e. The van der Waals surface area contributed by atoms with E-state index in [4.69, 9.17) is 19.3 Å². The zero-order valence-electron chi connectivity index (χ0n) is 20.6. The van der Waals surface area contributed by atoms with Gasteiger partial charge in [-0.05, 0) is 77.0 Å². The number of carbonyl (C=O) groups excluding carboxylic acids is 4. The highest BCUT2D eigenvalue weighted by Gasteiger charge is 2.35. The zero-order chi connectivity index (χ0) is 26.1. The van der Waals surface area contributed by atoms with Gasteiger partial charge >= 0.3 is 29.8 Å². The van der Waals surface area contributed by atoms with Gasteiger partial charge in [0.25, 0.3) is 0 Å². The fraction of sp³-hybridized carbons (Fsp3) is 0.731. The average Bonchev–Trinajstić information content (AvgIpc) is 2.88. The highest BCUT2D eigenvalue weighted by molar-refractivity contribution is 5.83. The topological polar surface area (TPSA) is 142 Å². The van der Waals surface area contributed by atoms with Crippen molar-refractivity contribution < 1.29 is 48.0 Å². The lowest BCUT2D eigenvalue weighted by Crippen LogP contribution is -2.35. The van der Waals surface area contributed by atoms with Gasteiger partial charge in [0.15, 0.2) is 6.61 Å². The van der Waals surface area contributed by atoms with Crippen LogP contribution in [0.4, 0.5) is 0 Å². The molecule has 200 valence electrons. The molecule has 0 radical (unpaired) electrons. The molecular formula is C26H36O10.